The predicted molar refractivity (Wildman–Crippen MR) is 120 cm³/mol. The number of nitrogens with one attached hydrogen (secondary N) is 2. The van der Waals surface area contributed by atoms with Gasteiger partial charge in [-0.15, -0.1) is 0 Å². The number of fused-ring (bicyclic) bond motifs is 2. The summed E-state index contributed by atoms with van der Waals surface area (Å²) in [4.78, 5) is 6.57. The molecule has 0 bridgehead atoms. The number of anilines is 3. The van der Waals surface area contributed by atoms with Crippen LogP contribution in [0.15, 0.2) is 36.7 Å². The van der Waals surface area contributed by atoms with E-state index in [1.165, 1.54) is 11.8 Å². The number of piperazine rings is 1. The van der Waals surface area contributed by atoms with Gasteiger partial charge < -0.3 is 19.9 Å². The molecule has 0 unspecified atom stereocenters. The third-order valence-electron chi connectivity index (χ3n) is 5.19. The van der Waals surface area contributed by atoms with Crippen LogP contribution in [0.2, 0.25) is 0 Å². The lowest BCUT2D eigenvalue weighted by atomic mass is 10.2. The number of aryl methyl sites for hydroxylation is 2. The number of hydrogen-bond donors (Lipinski definition) is 2. The maximum absolute atomic E-state index is 14.4. The molecule has 4 aromatic rings. The molecule has 7 nitrogen and oxygen atoms in total. The molecule has 0 atom stereocenters. The van der Waals surface area contributed by atoms with Crippen molar-refractivity contribution in [2.75, 3.05) is 36.4 Å². The highest BCUT2D eigenvalue weighted by atomic mass is 19.1. The summed E-state index contributed by atoms with van der Waals surface area (Å²) in [7, 11) is 1.89. The second-order valence-electron chi connectivity index (χ2n) is 7.23. The van der Waals surface area contributed by atoms with Crippen molar-refractivity contribution < 1.29 is 4.39 Å². The topological polar surface area (TPSA) is 62.4 Å². The number of hydrogen-bond acceptors (Lipinski definition) is 5. The molecule has 4 heterocycles. The van der Waals surface area contributed by atoms with E-state index in [1.54, 1.807) is 9.08 Å². The van der Waals surface area contributed by atoms with Gasteiger partial charge in [0.1, 0.15) is 5.82 Å². The fourth-order valence-corrected chi connectivity index (χ4v) is 3.84. The van der Waals surface area contributed by atoms with Crippen LogP contribution in [0.5, 0.6) is 0 Å². The Morgan fingerprint density at radius 1 is 1.10 bits per heavy atom. The lowest BCUT2D eigenvalue weighted by Gasteiger charge is -2.29. The molecule has 1 aliphatic heterocycles. The quantitative estimate of drug-likeness (QED) is 0.538. The summed E-state index contributed by atoms with van der Waals surface area (Å²) in [5.41, 5.74) is 3.86. The Kier molecular flexibility index (Phi) is 5.59. The molecule has 1 aliphatic rings. The molecule has 1 fully saturated rings. The van der Waals surface area contributed by atoms with E-state index in [4.69, 9.17) is 0 Å². The molecule has 2 N–H and O–H groups in total. The zero-order chi connectivity index (χ0) is 21.3. The fraction of sp³-hybridized carbons (Fsp3) is 0.364. The molecule has 5 rings (SSSR count). The highest BCUT2D eigenvalue weighted by Crippen LogP contribution is 2.30. The zero-order valence-corrected chi connectivity index (χ0v) is 17.9. The molecule has 0 aliphatic carbocycles. The first-order chi connectivity index (χ1) is 14.6. The van der Waals surface area contributed by atoms with E-state index in [0.29, 0.717) is 11.3 Å². The van der Waals surface area contributed by atoms with E-state index in [-0.39, 0.29) is 5.82 Å². The van der Waals surface area contributed by atoms with E-state index in [2.05, 4.69) is 43.8 Å². The van der Waals surface area contributed by atoms with Crippen LogP contribution in [-0.2, 0) is 7.05 Å². The third-order valence-corrected chi connectivity index (χ3v) is 5.19. The summed E-state index contributed by atoms with van der Waals surface area (Å²) in [5, 5.41) is 12.4. The number of halogens is 1. The average Bonchev–Trinajstić information content (AvgIpc) is 3.29. The first kappa shape index (κ1) is 20.2. The number of nitrogens with zero attached hydrogens (tertiary/aromatic N) is 5. The third kappa shape index (κ3) is 3.70. The molecule has 0 saturated carbocycles. The summed E-state index contributed by atoms with van der Waals surface area (Å²) in [6.45, 7) is 9.83. The minimum absolute atomic E-state index is 0.332. The van der Waals surface area contributed by atoms with Gasteiger partial charge in [0.15, 0.2) is 11.5 Å². The van der Waals surface area contributed by atoms with Gasteiger partial charge >= 0.3 is 0 Å². The van der Waals surface area contributed by atoms with Gasteiger partial charge in [0.25, 0.3) is 0 Å². The molecule has 1 saturated heterocycles. The smallest absolute Gasteiger partial charge is 0.173 e. The van der Waals surface area contributed by atoms with Crippen molar-refractivity contribution in [2.24, 2.45) is 7.05 Å². The Balaban J connectivity index is 0.00000106. The Morgan fingerprint density at radius 3 is 2.63 bits per heavy atom. The lowest BCUT2D eigenvalue weighted by Crippen LogP contribution is -2.43. The monoisotopic (exact) mass is 409 g/mol. The van der Waals surface area contributed by atoms with Crippen LogP contribution in [0.25, 0.3) is 16.6 Å². The Labute approximate surface area is 175 Å². The SMILES string of the molecule is CC.Cc1cn2cc(Nc3c4ccc(N5CCNCC5)cc4nn3C)cc(F)c2n1. The van der Waals surface area contributed by atoms with E-state index in [1.807, 2.05) is 40.2 Å². The van der Waals surface area contributed by atoms with Gasteiger partial charge in [-0.3, -0.25) is 4.68 Å². The second kappa shape index (κ2) is 8.31. The largest absolute Gasteiger partial charge is 0.369 e. The van der Waals surface area contributed by atoms with Crippen LogP contribution < -0.4 is 15.5 Å². The minimum Gasteiger partial charge on any atom is -0.369 e. The molecule has 30 heavy (non-hydrogen) atoms. The maximum Gasteiger partial charge on any atom is 0.173 e. The first-order valence-electron chi connectivity index (χ1n) is 10.4. The van der Waals surface area contributed by atoms with Gasteiger partial charge in [-0.1, -0.05) is 13.8 Å². The van der Waals surface area contributed by atoms with Gasteiger partial charge in [0.2, 0.25) is 0 Å². The molecule has 0 amide bonds. The average molecular weight is 410 g/mol. The minimum atomic E-state index is -0.356. The maximum atomic E-state index is 14.4. The van der Waals surface area contributed by atoms with E-state index < -0.39 is 0 Å². The number of aromatic nitrogens is 4. The van der Waals surface area contributed by atoms with E-state index in [0.717, 1.165) is 48.6 Å². The van der Waals surface area contributed by atoms with Gasteiger partial charge in [-0.25, -0.2) is 9.37 Å². The summed E-state index contributed by atoms with van der Waals surface area (Å²) in [6.07, 6.45) is 3.65. The van der Waals surface area contributed by atoms with Crippen LogP contribution in [0.1, 0.15) is 19.5 Å². The molecule has 158 valence electrons. The lowest BCUT2D eigenvalue weighted by molar-refractivity contribution is 0.589. The molecule has 3 aromatic heterocycles. The predicted octanol–water partition coefficient (Wildman–Crippen LogP) is 3.85. The van der Waals surface area contributed by atoms with Crippen LogP contribution in [0.4, 0.5) is 21.6 Å². The van der Waals surface area contributed by atoms with Gasteiger partial charge in [0, 0.05) is 62.8 Å². The molecule has 0 spiro atoms. The molecular weight excluding hydrogens is 381 g/mol. The van der Waals surface area contributed by atoms with Crippen molar-refractivity contribution in [1.82, 2.24) is 24.5 Å². The van der Waals surface area contributed by atoms with Crippen LogP contribution >= 0.6 is 0 Å². The fourth-order valence-electron chi connectivity index (χ4n) is 3.84. The van der Waals surface area contributed by atoms with E-state index >= 15 is 0 Å². The summed E-state index contributed by atoms with van der Waals surface area (Å²) < 4.78 is 17.9. The normalized spacial score (nSPS) is 14.1. The summed E-state index contributed by atoms with van der Waals surface area (Å²) in [6, 6.07) is 7.80. The highest BCUT2D eigenvalue weighted by Gasteiger charge is 2.15. The van der Waals surface area contributed by atoms with Crippen molar-refractivity contribution in [3.05, 3.63) is 48.2 Å². The van der Waals surface area contributed by atoms with Crippen LogP contribution in [0, 0.1) is 12.7 Å². The Morgan fingerprint density at radius 2 is 1.87 bits per heavy atom. The number of pyridine rings is 1. The number of rotatable bonds is 3. The summed E-state index contributed by atoms with van der Waals surface area (Å²) >= 11 is 0. The molecule has 1 aromatic carbocycles. The highest BCUT2D eigenvalue weighted by molar-refractivity contribution is 5.93. The van der Waals surface area contributed by atoms with Crippen LogP contribution in [0.3, 0.4) is 0 Å². The molecule has 0 radical (unpaired) electrons. The van der Waals surface area contributed by atoms with Crippen molar-refractivity contribution in [2.45, 2.75) is 20.8 Å². The first-order valence-corrected chi connectivity index (χ1v) is 10.4. The Hall–Kier alpha value is -3.13. The number of benzene rings is 1. The van der Waals surface area contributed by atoms with Crippen molar-refractivity contribution in [3.8, 4) is 0 Å². The standard InChI is InChI=1S/C20H22FN7.C2H6/c1-13-11-28-12-14(9-17(21)20(28)23-13)24-19-16-4-3-15(10-18(16)25-26(19)2)27-7-5-22-6-8-27;1-2/h3-4,9-12,22,24H,5-8H2,1-2H3;1-2H3. The molecular formula is C22H28FN7. The van der Waals surface area contributed by atoms with Gasteiger partial charge in [-0.2, -0.15) is 5.10 Å². The molecule has 8 heteroatoms. The Bertz CT molecular complexity index is 1170. The van der Waals surface area contributed by atoms with Crippen molar-refractivity contribution >= 4 is 33.7 Å². The zero-order valence-electron chi connectivity index (χ0n) is 17.9. The van der Waals surface area contributed by atoms with Gasteiger partial charge in [-0.05, 0) is 25.1 Å². The number of imidazole rings is 1. The van der Waals surface area contributed by atoms with Crippen molar-refractivity contribution in [1.29, 1.82) is 0 Å². The summed E-state index contributed by atoms with van der Waals surface area (Å²) in [5.74, 6) is 0.475. The van der Waals surface area contributed by atoms with Crippen LogP contribution in [-0.4, -0.2) is 45.3 Å². The van der Waals surface area contributed by atoms with E-state index in [9.17, 15) is 4.39 Å². The van der Waals surface area contributed by atoms with Gasteiger partial charge in [0.05, 0.1) is 16.9 Å². The second-order valence-corrected chi connectivity index (χ2v) is 7.23. The van der Waals surface area contributed by atoms with Crippen molar-refractivity contribution in [3.63, 3.8) is 0 Å².